The number of hydrogen-bond acceptors (Lipinski definition) is 11. The van der Waals surface area contributed by atoms with Gasteiger partial charge in [-0.15, -0.1) is 0 Å². The Balaban J connectivity index is 2.47. The topological polar surface area (TPSA) is 150 Å². The number of halogens is 1. The van der Waals surface area contributed by atoms with E-state index < -0.39 is 54.6 Å². The molecule has 1 heterocycles. The van der Waals surface area contributed by atoms with E-state index in [1.54, 1.807) is 0 Å². The Hall–Kier alpha value is -3.05. The highest BCUT2D eigenvalue weighted by molar-refractivity contribution is 6.32. The van der Waals surface area contributed by atoms with E-state index in [1.165, 1.54) is 25.1 Å². The third-order valence-corrected chi connectivity index (χ3v) is 4.44. The van der Waals surface area contributed by atoms with Gasteiger partial charge in [0.25, 0.3) is 0 Å². The van der Waals surface area contributed by atoms with Gasteiger partial charge in [0.2, 0.25) is 12.4 Å². The van der Waals surface area contributed by atoms with Gasteiger partial charge in [0.1, 0.15) is 18.5 Å². The maximum atomic E-state index is 11.8. The molecular weight excluding hydrogens is 450 g/mol. The Bertz CT molecular complexity index is 876. The number of hydrogen-bond donors (Lipinski definition) is 1. The highest BCUT2D eigenvalue weighted by Gasteiger charge is 2.53. The maximum absolute atomic E-state index is 11.8. The van der Waals surface area contributed by atoms with Gasteiger partial charge in [-0.05, 0) is 18.2 Å². The molecule has 0 saturated carbocycles. The van der Waals surface area contributed by atoms with Crippen LogP contribution in [0.5, 0.6) is 5.75 Å². The Morgan fingerprint density at radius 1 is 0.906 bits per heavy atom. The van der Waals surface area contributed by atoms with Gasteiger partial charge >= 0.3 is 23.9 Å². The summed E-state index contributed by atoms with van der Waals surface area (Å²) in [6.07, 6.45) is -6.48. The first-order valence-corrected chi connectivity index (χ1v) is 9.88. The van der Waals surface area contributed by atoms with Crippen LogP contribution in [-0.4, -0.2) is 61.2 Å². The summed E-state index contributed by atoms with van der Waals surface area (Å²) in [6.45, 7) is 4.19. The lowest BCUT2D eigenvalue weighted by molar-refractivity contribution is -0.288. The van der Waals surface area contributed by atoms with Gasteiger partial charge in [-0.25, -0.2) is 0 Å². The molecule has 1 fully saturated rings. The molecule has 1 saturated heterocycles. The minimum atomic E-state index is -1.38. The Morgan fingerprint density at radius 2 is 1.47 bits per heavy atom. The number of carbonyl (C=O) groups excluding carboxylic acids is 4. The minimum Gasteiger partial charge on any atom is -0.463 e. The van der Waals surface area contributed by atoms with E-state index in [0.29, 0.717) is 5.69 Å². The Morgan fingerprint density at radius 3 is 2.00 bits per heavy atom. The third-order valence-electron chi connectivity index (χ3n) is 4.15. The van der Waals surface area contributed by atoms with Crippen LogP contribution in [0.2, 0.25) is 5.02 Å². The Kier molecular flexibility index (Phi) is 8.67. The van der Waals surface area contributed by atoms with Crippen LogP contribution in [0.25, 0.3) is 0 Å². The number of ether oxygens (including phenoxy) is 6. The second-order valence-electron chi connectivity index (χ2n) is 6.88. The number of anilines is 1. The van der Waals surface area contributed by atoms with Crippen molar-refractivity contribution >= 4 is 41.2 Å². The molecule has 176 valence electrons. The normalized spacial score (nSPS) is 24.7. The lowest BCUT2D eigenvalue weighted by Crippen LogP contribution is -2.63. The number of esters is 4. The Labute approximate surface area is 189 Å². The zero-order valence-electron chi connectivity index (χ0n) is 17.9. The van der Waals surface area contributed by atoms with Gasteiger partial charge in [-0.3, -0.25) is 19.2 Å². The summed E-state index contributed by atoms with van der Waals surface area (Å²) in [4.78, 5) is 46.6. The molecule has 2 rings (SSSR count). The molecule has 12 heteroatoms. The summed E-state index contributed by atoms with van der Waals surface area (Å²) < 4.78 is 32.5. The molecule has 0 spiro atoms. The zero-order chi connectivity index (χ0) is 24.0. The lowest BCUT2D eigenvalue weighted by Gasteiger charge is -2.44. The van der Waals surface area contributed by atoms with Crippen molar-refractivity contribution in [3.05, 3.63) is 23.2 Å². The van der Waals surface area contributed by atoms with Gasteiger partial charge in [0, 0.05) is 33.4 Å². The van der Waals surface area contributed by atoms with Crippen molar-refractivity contribution in [2.45, 2.75) is 58.4 Å². The first-order valence-electron chi connectivity index (χ1n) is 9.50. The minimum absolute atomic E-state index is 0.127. The molecule has 0 aliphatic carbocycles. The van der Waals surface area contributed by atoms with E-state index in [-0.39, 0.29) is 17.4 Å². The summed E-state index contributed by atoms with van der Waals surface area (Å²) >= 11 is 6.17. The predicted octanol–water partition coefficient (Wildman–Crippen LogP) is 1.38. The van der Waals surface area contributed by atoms with Gasteiger partial charge in [-0.2, -0.15) is 0 Å². The van der Waals surface area contributed by atoms with E-state index in [4.69, 9.17) is 45.8 Å². The van der Waals surface area contributed by atoms with Crippen LogP contribution in [0, 0.1) is 0 Å². The van der Waals surface area contributed by atoms with Gasteiger partial charge in [0.15, 0.2) is 12.2 Å². The maximum Gasteiger partial charge on any atom is 0.303 e. The molecule has 0 radical (unpaired) electrons. The number of benzene rings is 1. The zero-order valence-corrected chi connectivity index (χ0v) is 18.6. The summed E-state index contributed by atoms with van der Waals surface area (Å²) in [5.74, 6) is -2.72. The predicted molar refractivity (Wildman–Crippen MR) is 108 cm³/mol. The van der Waals surface area contributed by atoms with Gasteiger partial charge in [0.05, 0.1) is 5.02 Å². The van der Waals surface area contributed by atoms with Gasteiger partial charge < -0.3 is 34.2 Å². The van der Waals surface area contributed by atoms with Crippen molar-refractivity contribution in [2.75, 3.05) is 12.3 Å². The molecule has 32 heavy (non-hydrogen) atoms. The van der Waals surface area contributed by atoms with Crippen LogP contribution in [0.4, 0.5) is 5.69 Å². The van der Waals surface area contributed by atoms with E-state index >= 15 is 0 Å². The summed E-state index contributed by atoms with van der Waals surface area (Å²) in [5.41, 5.74) is 6.07. The average molecular weight is 474 g/mol. The molecule has 0 bridgehead atoms. The first-order chi connectivity index (χ1) is 15.0. The molecule has 1 aromatic rings. The second-order valence-corrected chi connectivity index (χ2v) is 7.28. The van der Waals surface area contributed by atoms with Crippen LogP contribution < -0.4 is 10.5 Å². The van der Waals surface area contributed by atoms with Crippen molar-refractivity contribution in [2.24, 2.45) is 0 Å². The summed E-state index contributed by atoms with van der Waals surface area (Å²) in [6, 6.07) is 4.42. The van der Waals surface area contributed by atoms with E-state index in [0.717, 1.165) is 20.8 Å². The largest absolute Gasteiger partial charge is 0.463 e. The van der Waals surface area contributed by atoms with Crippen LogP contribution in [0.3, 0.4) is 0 Å². The second kappa shape index (κ2) is 11.0. The van der Waals surface area contributed by atoms with Crippen LogP contribution >= 0.6 is 11.6 Å². The molecule has 1 aliphatic rings. The number of nitrogen functional groups attached to an aromatic ring is 1. The van der Waals surface area contributed by atoms with Crippen LogP contribution in [0.15, 0.2) is 18.2 Å². The van der Waals surface area contributed by atoms with Crippen molar-refractivity contribution in [1.82, 2.24) is 0 Å². The standard InChI is InChI=1S/C20H24ClNO10/c1-9(23)27-8-16-17(28-10(2)24)18(29-11(3)25)19(30-12(4)26)20(32-16)31-15-6-5-13(22)7-14(15)21/h5-7,16-20H,8,22H2,1-4H3/t16-,17-,18+,19-,20-/m1/s1. The summed E-state index contributed by atoms with van der Waals surface area (Å²) in [7, 11) is 0. The van der Waals surface area contributed by atoms with Crippen molar-refractivity contribution in [1.29, 1.82) is 0 Å². The smallest absolute Gasteiger partial charge is 0.303 e. The first kappa shape index (κ1) is 25.2. The number of rotatable bonds is 7. The fourth-order valence-corrected chi connectivity index (χ4v) is 3.25. The summed E-state index contributed by atoms with van der Waals surface area (Å²) in [5, 5.41) is 0.137. The third kappa shape index (κ3) is 6.99. The average Bonchev–Trinajstić information content (AvgIpc) is 2.65. The molecule has 0 amide bonds. The van der Waals surface area contributed by atoms with E-state index in [2.05, 4.69) is 0 Å². The van der Waals surface area contributed by atoms with Gasteiger partial charge in [-0.1, -0.05) is 11.6 Å². The van der Waals surface area contributed by atoms with Crippen molar-refractivity contribution < 1.29 is 47.6 Å². The molecule has 0 aromatic heterocycles. The number of carbonyl (C=O) groups is 4. The SMILES string of the molecule is CC(=O)OC[C@H]1O[C@@H](Oc2ccc(N)cc2Cl)[C@H](OC(C)=O)[C@@H](OC(C)=O)[C@@H]1OC(C)=O. The molecule has 5 atom stereocenters. The van der Waals surface area contributed by atoms with Crippen molar-refractivity contribution in [3.8, 4) is 5.75 Å². The van der Waals surface area contributed by atoms with Crippen LogP contribution in [0.1, 0.15) is 27.7 Å². The fraction of sp³-hybridized carbons (Fsp3) is 0.500. The molecule has 1 aliphatic heterocycles. The molecule has 0 unspecified atom stereocenters. The highest BCUT2D eigenvalue weighted by Crippen LogP contribution is 2.34. The molecular formula is C20H24ClNO10. The van der Waals surface area contributed by atoms with E-state index in [1.807, 2.05) is 0 Å². The van der Waals surface area contributed by atoms with Crippen LogP contribution in [-0.2, 0) is 42.9 Å². The van der Waals surface area contributed by atoms with Crippen molar-refractivity contribution in [3.63, 3.8) is 0 Å². The number of nitrogens with two attached hydrogens (primary N) is 1. The lowest BCUT2D eigenvalue weighted by atomic mass is 9.98. The molecule has 2 N–H and O–H groups in total. The quantitative estimate of drug-likeness (QED) is 0.347. The molecule has 1 aromatic carbocycles. The fourth-order valence-electron chi connectivity index (χ4n) is 3.02. The molecule has 11 nitrogen and oxygen atoms in total. The van der Waals surface area contributed by atoms with E-state index in [9.17, 15) is 19.2 Å². The highest BCUT2D eigenvalue weighted by atomic mass is 35.5. The monoisotopic (exact) mass is 473 g/mol.